The Morgan fingerprint density at radius 1 is 0.852 bits per heavy atom. The van der Waals surface area contributed by atoms with E-state index >= 15 is 0 Å². The van der Waals surface area contributed by atoms with Crippen molar-refractivity contribution in [3.8, 4) is 0 Å². The molecular weight excluding hydrogens is 710 g/mol. The van der Waals surface area contributed by atoms with Crippen LogP contribution in [-0.4, -0.2) is 149 Å². The van der Waals surface area contributed by atoms with Crippen LogP contribution in [0.4, 0.5) is 0 Å². The summed E-state index contributed by atoms with van der Waals surface area (Å²) < 4.78 is 25.6. The largest absolute Gasteiger partial charge is 0.390 e. The molecule has 3 fully saturated rings. The Labute approximate surface area is 315 Å². The van der Waals surface area contributed by atoms with Crippen LogP contribution < -0.4 is 10.6 Å². The maximum Gasteiger partial charge on any atom is 0.243 e. The number of aliphatic hydroxyl groups is 6. The van der Waals surface area contributed by atoms with Crippen molar-refractivity contribution in [3.05, 3.63) is 11.9 Å². The maximum absolute atomic E-state index is 13.0. The van der Waals surface area contributed by atoms with E-state index < -0.39 is 97.4 Å². The first kappa shape index (κ1) is 44.1. The standard InChI is InChI=1S/C36H61N5O13/c1-9-22-27(45)28(46)29(47)36(51-22)54-32-17(5)10-16(4)31(30(32)48)53-35-26(44)20(8)25(43)23(52-35)14-41-13-21(39-40-41)11-18(6)33(49)38-24(15(2)3)34(50)37-12-19(7)42/h13,15-18,20,22-32,35-36,43-48H,9-12,14H2,1-8H3,(H,37,50)(H,38,49)/t16-,17+,18?,20+,22?,23?,24?,25+,26?,27-,28?,29?,30?,31+,32?,35-,36-/m1/s1. The molecular formula is C36H61N5O13. The Bertz CT molecular complexity index is 1400. The number of hydrogen-bond donors (Lipinski definition) is 8. The van der Waals surface area contributed by atoms with Crippen molar-refractivity contribution in [2.24, 2.45) is 29.6 Å². The van der Waals surface area contributed by atoms with Gasteiger partial charge in [0.1, 0.15) is 48.4 Å². The molecule has 18 nitrogen and oxygen atoms in total. The zero-order valence-corrected chi connectivity index (χ0v) is 32.4. The molecule has 0 bridgehead atoms. The van der Waals surface area contributed by atoms with Crippen molar-refractivity contribution in [1.82, 2.24) is 25.6 Å². The van der Waals surface area contributed by atoms with Gasteiger partial charge >= 0.3 is 0 Å². The third-order valence-corrected chi connectivity index (χ3v) is 10.9. The van der Waals surface area contributed by atoms with Crippen LogP contribution in [-0.2, 0) is 46.3 Å². The van der Waals surface area contributed by atoms with E-state index in [0.717, 1.165) is 0 Å². The minimum atomic E-state index is -1.56. The maximum atomic E-state index is 13.0. The number of carbonyl (C=O) groups excluding carboxylic acids is 3. The lowest BCUT2D eigenvalue weighted by Gasteiger charge is -2.48. The summed E-state index contributed by atoms with van der Waals surface area (Å²) in [5.41, 5.74) is 0.477. The molecule has 18 heteroatoms. The van der Waals surface area contributed by atoms with Gasteiger partial charge in [-0.2, -0.15) is 0 Å². The summed E-state index contributed by atoms with van der Waals surface area (Å²) in [6, 6.07) is -0.830. The van der Waals surface area contributed by atoms with Gasteiger partial charge in [-0.05, 0) is 37.5 Å². The lowest BCUT2D eigenvalue weighted by atomic mass is 9.77. The molecule has 3 heterocycles. The number of amides is 2. The van der Waals surface area contributed by atoms with Gasteiger partial charge in [0.2, 0.25) is 11.8 Å². The fourth-order valence-electron chi connectivity index (χ4n) is 7.47. The van der Waals surface area contributed by atoms with E-state index in [9.17, 15) is 45.0 Å². The number of nitrogens with one attached hydrogen (secondary N) is 2. The Balaban J connectivity index is 1.38. The fourth-order valence-corrected chi connectivity index (χ4v) is 7.47. The lowest BCUT2D eigenvalue weighted by molar-refractivity contribution is -0.341. The Morgan fingerprint density at radius 3 is 2.02 bits per heavy atom. The highest BCUT2D eigenvalue weighted by molar-refractivity contribution is 5.91. The van der Waals surface area contributed by atoms with Crippen molar-refractivity contribution in [3.63, 3.8) is 0 Å². The second-order valence-corrected chi connectivity index (χ2v) is 15.9. The lowest BCUT2D eigenvalue weighted by Crippen LogP contribution is -2.62. The summed E-state index contributed by atoms with van der Waals surface area (Å²) in [5, 5.41) is 78.6. The molecule has 308 valence electrons. The summed E-state index contributed by atoms with van der Waals surface area (Å²) in [6.07, 6.45) is -11.3. The number of rotatable bonds is 15. The van der Waals surface area contributed by atoms with Crippen molar-refractivity contribution in [2.45, 2.75) is 161 Å². The monoisotopic (exact) mass is 771 g/mol. The third-order valence-electron chi connectivity index (χ3n) is 10.9. The molecule has 0 radical (unpaired) electrons. The molecule has 2 saturated heterocycles. The summed E-state index contributed by atoms with van der Waals surface area (Å²) in [4.78, 5) is 36.9. The van der Waals surface area contributed by atoms with E-state index in [1.165, 1.54) is 11.6 Å². The molecule has 1 aromatic rings. The van der Waals surface area contributed by atoms with Crippen LogP contribution in [0.15, 0.2) is 6.20 Å². The molecule has 3 aliphatic rings. The second-order valence-electron chi connectivity index (χ2n) is 15.9. The van der Waals surface area contributed by atoms with Crippen molar-refractivity contribution in [1.29, 1.82) is 0 Å². The number of aliphatic hydroxyl groups excluding tert-OH is 6. The normalized spacial score (nSPS) is 38.5. The van der Waals surface area contributed by atoms with E-state index in [2.05, 4.69) is 20.9 Å². The molecule has 4 rings (SSSR count). The van der Waals surface area contributed by atoms with Gasteiger partial charge < -0.3 is 60.2 Å². The zero-order valence-electron chi connectivity index (χ0n) is 32.4. The minimum absolute atomic E-state index is 0.0205. The van der Waals surface area contributed by atoms with Gasteiger partial charge in [0.15, 0.2) is 12.6 Å². The van der Waals surface area contributed by atoms with Gasteiger partial charge in [0.25, 0.3) is 0 Å². The van der Waals surface area contributed by atoms with E-state index in [1.54, 1.807) is 40.8 Å². The van der Waals surface area contributed by atoms with Gasteiger partial charge in [0, 0.05) is 24.5 Å². The van der Waals surface area contributed by atoms with Crippen LogP contribution >= 0.6 is 0 Å². The molecule has 2 amide bonds. The predicted molar refractivity (Wildman–Crippen MR) is 189 cm³/mol. The minimum Gasteiger partial charge on any atom is -0.390 e. The average Bonchev–Trinajstić information content (AvgIpc) is 3.56. The summed E-state index contributed by atoms with van der Waals surface area (Å²) in [7, 11) is 0. The number of ether oxygens (including phenoxy) is 4. The van der Waals surface area contributed by atoms with Crippen molar-refractivity contribution < 1.29 is 64.0 Å². The number of hydrogen-bond acceptors (Lipinski definition) is 15. The van der Waals surface area contributed by atoms with Gasteiger partial charge in [0.05, 0.1) is 43.2 Å². The van der Waals surface area contributed by atoms with E-state index in [1.807, 2.05) is 13.8 Å². The van der Waals surface area contributed by atoms with Crippen LogP contribution in [0.1, 0.15) is 73.9 Å². The molecule has 1 saturated carbocycles. The summed E-state index contributed by atoms with van der Waals surface area (Å²) in [6.45, 7) is 13.7. The summed E-state index contributed by atoms with van der Waals surface area (Å²) >= 11 is 0. The fraction of sp³-hybridized carbons (Fsp3) is 0.861. The highest BCUT2D eigenvalue weighted by atomic mass is 16.7. The zero-order chi connectivity index (χ0) is 40.2. The first-order valence-electron chi connectivity index (χ1n) is 19.0. The molecule has 9 unspecified atom stereocenters. The van der Waals surface area contributed by atoms with Crippen molar-refractivity contribution in [2.75, 3.05) is 6.54 Å². The van der Waals surface area contributed by atoms with Crippen LogP contribution in [0, 0.1) is 29.6 Å². The quantitative estimate of drug-likeness (QED) is 0.1000. The summed E-state index contributed by atoms with van der Waals surface area (Å²) in [5.74, 6) is -2.98. The number of carbonyl (C=O) groups is 3. The Morgan fingerprint density at radius 2 is 1.44 bits per heavy atom. The van der Waals surface area contributed by atoms with Gasteiger partial charge in [-0.1, -0.05) is 53.7 Å². The Kier molecular flexibility index (Phi) is 15.5. The predicted octanol–water partition coefficient (Wildman–Crippen LogP) is -1.59. The number of Topliss-reactive ketones (excluding diaryl/α,β-unsaturated/α-hetero) is 1. The van der Waals surface area contributed by atoms with Crippen LogP contribution in [0.25, 0.3) is 0 Å². The first-order chi connectivity index (χ1) is 25.3. The number of aromatic nitrogens is 3. The molecule has 1 aliphatic carbocycles. The Hall–Kier alpha value is -2.65. The highest BCUT2D eigenvalue weighted by Gasteiger charge is 2.51. The molecule has 8 N–H and O–H groups in total. The molecule has 1 aromatic heterocycles. The number of nitrogens with zero attached hydrogens (tertiary/aromatic N) is 3. The topological polar surface area (TPSA) is 264 Å². The van der Waals surface area contributed by atoms with Gasteiger partial charge in [-0.15, -0.1) is 5.10 Å². The average molecular weight is 772 g/mol. The van der Waals surface area contributed by atoms with Crippen LogP contribution in [0.2, 0.25) is 0 Å². The van der Waals surface area contributed by atoms with Crippen molar-refractivity contribution >= 4 is 17.6 Å². The molecule has 0 aromatic carbocycles. The second kappa shape index (κ2) is 19.0. The molecule has 0 spiro atoms. The molecule has 54 heavy (non-hydrogen) atoms. The highest BCUT2D eigenvalue weighted by Crippen LogP contribution is 2.38. The van der Waals surface area contributed by atoms with E-state index in [-0.39, 0.29) is 49.0 Å². The third kappa shape index (κ3) is 10.4. The van der Waals surface area contributed by atoms with Crippen LogP contribution in [0.3, 0.4) is 0 Å². The van der Waals surface area contributed by atoms with Gasteiger partial charge in [-0.25, -0.2) is 4.68 Å². The number of ketones is 1. The smallest absolute Gasteiger partial charge is 0.243 e. The SMILES string of the molecule is CCC1O[C@H](OC2C(O)[C@@H](O[C@H]3OC(Cn4cc(CC(C)C(=O)NC(C(=O)NCC(C)=O)C(C)C)nn4)[C@@H](O)[C@H](C)C3O)[C@H](C)C[C@@H]2C)C(O)C(O)[C@@H]1O. The van der Waals surface area contributed by atoms with Gasteiger partial charge in [-0.3, -0.25) is 14.4 Å². The first-order valence-corrected chi connectivity index (χ1v) is 19.0. The van der Waals surface area contributed by atoms with E-state index in [0.29, 0.717) is 18.5 Å². The van der Waals surface area contributed by atoms with Crippen LogP contribution in [0.5, 0.6) is 0 Å². The van der Waals surface area contributed by atoms with E-state index in [4.69, 9.17) is 18.9 Å². The molecule has 17 atom stereocenters. The molecule has 2 aliphatic heterocycles.